The molecule has 0 saturated carbocycles. The Bertz CT molecular complexity index is 327. The van der Waals surface area contributed by atoms with E-state index in [0.29, 0.717) is 13.1 Å². The largest absolute Gasteiger partial charge is 0.853 e. The van der Waals surface area contributed by atoms with Crippen molar-refractivity contribution in [2.24, 2.45) is 0 Å². The third kappa shape index (κ3) is 11.9. The van der Waals surface area contributed by atoms with Gasteiger partial charge in [0.1, 0.15) is 0 Å². The summed E-state index contributed by atoms with van der Waals surface area (Å²) in [7, 11) is 0. The van der Waals surface area contributed by atoms with E-state index in [1.807, 2.05) is 0 Å². The van der Waals surface area contributed by atoms with Crippen LogP contribution in [-0.4, -0.2) is 103 Å². The molecule has 0 rings (SSSR count). The second kappa shape index (κ2) is 16.8. The number of nitrogens with one attached hydrogen (secondary N) is 2. The van der Waals surface area contributed by atoms with Gasteiger partial charge in [-0.05, 0) is 12.8 Å². The topological polar surface area (TPSA) is 148 Å². The molecule has 10 heteroatoms. The molecule has 154 valence electrons. The number of carbonyl (C=O) groups is 2. The lowest BCUT2D eigenvalue weighted by molar-refractivity contribution is -0.367. The van der Waals surface area contributed by atoms with Crippen LogP contribution in [0.15, 0.2) is 0 Å². The van der Waals surface area contributed by atoms with Crippen molar-refractivity contribution in [1.82, 2.24) is 20.4 Å². The van der Waals surface area contributed by atoms with Crippen molar-refractivity contribution >= 4 is 12.1 Å². The van der Waals surface area contributed by atoms with Crippen LogP contribution < -0.4 is 15.7 Å². The van der Waals surface area contributed by atoms with E-state index >= 15 is 0 Å². The third-order valence-electron chi connectivity index (χ3n) is 3.70. The van der Waals surface area contributed by atoms with E-state index in [2.05, 4.69) is 10.6 Å². The van der Waals surface area contributed by atoms with Crippen LogP contribution >= 0.6 is 0 Å². The molecule has 0 radical (unpaired) electrons. The second-order valence-corrected chi connectivity index (χ2v) is 5.73. The molecule has 10 nitrogen and oxygen atoms in total. The Morgan fingerprint density at radius 2 is 1.08 bits per heavy atom. The molecular weight excluding hydrogens is 344 g/mol. The number of amides is 4. The monoisotopic (exact) mass is 377 g/mol. The Hall–Kier alpha value is -1.62. The van der Waals surface area contributed by atoms with E-state index < -0.39 is 6.61 Å². The second-order valence-electron chi connectivity index (χ2n) is 5.73. The number of urea groups is 2. The van der Waals surface area contributed by atoms with Gasteiger partial charge in [0, 0.05) is 39.3 Å². The summed E-state index contributed by atoms with van der Waals surface area (Å²) >= 11 is 0. The van der Waals surface area contributed by atoms with Crippen LogP contribution in [0.5, 0.6) is 0 Å². The van der Waals surface area contributed by atoms with Gasteiger partial charge in [-0.25, -0.2) is 9.59 Å². The SMILES string of the molecule is O=C(NCCCCCCNC(=O)N(CCO)CCO)N(CC[O-])CCO. The van der Waals surface area contributed by atoms with E-state index in [0.717, 1.165) is 25.7 Å². The Balaban J connectivity index is 3.71. The lowest BCUT2D eigenvalue weighted by Gasteiger charge is -2.23. The molecule has 0 heterocycles. The standard InChI is InChI=1S/C16H33N4O6/c21-11-7-19(8-12-22)15(25)17-5-3-1-2-4-6-18-16(26)20(9-13-23)10-14-24/h21-23H,1-14H2,(H,17,25)(H,18,26)/q-1. The predicted molar refractivity (Wildman–Crippen MR) is 94.5 cm³/mol. The lowest BCUT2D eigenvalue weighted by atomic mass is 10.2. The molecule has 0 aromatic carbocycles. The average Bonchev–Trinajstić information content (AvgIpc) is 2.63. The summed E-state index contributed by atoms with van der Waals surface area (Å²) in [5.74, 6) is 0. The van der Waals surface area contributed by atoms with Crippen molar-refractivity contribution in [2.45, 2.75) is 25.7 Å². The highest BCUT2D eigenvalue weighted by molar-refractivity contribution is 5.74. The number of aliphatic hydroxyl groups is 3. The Morgan fingerprint density at radius 1 is 0.692 bits per heavy atom. The number of rotatable bonds is 15. The maximum atomic E-state index is 11.8. The number of hydrogen-bond acceptors (Lipinski definition) is 6. The van der Waals surface area contributed by atoms with Crippen LogP contribution in [0.2, 0.25) is 0 Å². The first-order chi connectivity index (χ1) is 12.6. The van der Waals surface area contributed by atoms with Crippen molar-refractivity contribution in [1.29, 1.82) is 0 Å². The summed E-state index contributed by atoms with van der Waals surface area (Å²) in [5.41, 5.74) is 0. The normalized spacial score (nSPS) is 10.5. The van der Waals surface area contributed by atoms with Crippen molar-refractivity contribution < 1.29 is 30.0 Å². The van der Waals surface area contributed by atoms with E-state index in [9.17, 15) is 14.7 Å². The van der Waals surface area contributed by atoms with Gasteiger partial charge in [-0.1, -0.05) is 12.8 Å². The van der Waals surface area contributed by atoms with E-state index in [1.165, 1.54) is 9.80 Å². The molecule has 5 N–H and O–H groups in total. The summed E-state index contributed by atoms with van der Waals surface area (Å²) in [6.45, 7) is 0.733. The minimum absolute atomic E-state index is 0.0790. The number of unbranched alkanes of at least 4 members (excludes halogenated alkanes) is 3. The average molecular weight is 377 g/mol. The van der Waals surface area contributed by atoms with Gasteiger partial charge >= 0.3 is 12.1 Å². The first-order valence-electron chi connectivity index (χ1n) is 9.06. The smallest absolute Gasteiger partial charge is 0.317 e. The number of aliphatic hydroxyl groups excluding tert-OH is 3. The van der Waals surface area contributed by atoms with Crippen molar-refractivity contribution in [3.8, 4) is 0 Å². The highest BCUT2D eigenvalue weighted by atomic mass is 16.3. The van der Waals surface area contributed by atoms with Crippen LogP contribution in [0.25, 0.3) is 0 Å². The zero-order chi connectivity index (χ0) is 19.6. The van der Waals surface area contributed by atoms with E-state index in [1.54, 1.807) is 0 Å². The third-order valence-corrected chi connectivity index (χ3v) is 3.70. The lowest BCUT2D eigenvalue weighted by Crippen LogP contribution is -2.44. The fourth-order valence-corrected chi connectivity index (χ4v) is 2.32. The zero-order valence-electron chi connectivity index (χ0n) is 15.4. The van der Waals surface area contributed by atoms with Crippen molar-refractivity contribution in [3.05, 3.63) is 0 Å². The summed E-state index contributed by atoms with van der Waals surface area (Å²) in [6, 6.07) is -0.641. The van der Waals surface area contributed by atoms with Gasteiger partial charge in [-0.2, -0.15) is 0 Å². The van der Waals surface area contributed by atoms with Crippen LogP contribution in [0.3, 0.4) is 0 Å². The fraction of sp³-hybridized carbons (Fsp3) is 0.875. The van der Waals surface area contributed by atoms with Crippen molar-refractivity contribution in [3.63, 3.8) is 0 Å². The molecule has 0 unspecified atom stereocenters. The minimum atomic E-state index is -0.396. The first kappa shape index (κ1) is 24.4. The Morgan fingerprint density at radius 3 is 1.42 bits per heavy atom. The van der Waals surface area contributed by atoms with Gasteiger partial charge in [0.2, 0.25) is 0 Å². The van der Waals surface area contributed by atoms with Gasteiger partial charge in [0.25, 0.3) is 0 Å². The maximum Gasteiger partial charge on any atom is 0.317 e. The van der Waals surface area contributed by atoms with Crippen LogP contribution in [0, 0.1) is 0 Å². The molecule has 0 bridgehead atoms. The van der Waals surface area contributed by atoms with E-state index in [-0.39, 0.29) is 58.1 Å². The summed E-state index contributed by atoms with van der Waals surface area (Å²) < 4.78 is 0. The Labute approximate surface area is 154 Å². The number of carbonyl (C=O) groups excluding carboxylic acids is 2. The van der Waals surface area contributed by atoms with Gasteiger partial charge in [0.05, 0.1) is 19.8 Å². The molecular formula is C16H33N4O6-. The Kier molecular flexibility index (Phi) is 15.8. The van der Waals surface area contributed by atoms with Crippen LogP contribution in [0.1, 0.15) is 25.7 Å². The highest BCUT2D eigenvalue weighted by Gasteiger charge is 2.11. The zero-order valence-corrected chi connectivity index (χ0v) is 15.4. The van der Waals surface area contributed by atoms with Gasteiger partial charge in [-0.3, -0.25) is 0 Å². The van der Waals surface area contributed by atoms with Gasteiger partial charge < -0.3 is 40.9 Å². The fourth-order valence-electron chi connectivity index (χ4n) is 2.32. The summed E-state index contributed by atoms with van der Waals surface area (Å²) in [5, 5.41) is 42.7. The quantitative estimate of drug-likeness (QED) is 0.207. The molecule has 0 spiro atoms. The summed E-state index contributed by atoms with van der Waals surface area (Å²) in [6.07, 6.45) is 3.34. The molecule has 0 aliphatic rings. The van der Waals surface area contributed by atoms with Gasteiger partial charge in [-0.15, -0.1) is 6.61 Å². The molecule has 0 aliphatic heterocycles. The molecule has 4 amide bonds. The molecule has 26 heavy (non-hydrogen) atoms. The molecule has 0 aromatic heterocycles. The number of hydrogen-bond donors (Lipinski definition) is 5. The maximum absolute atomic E-state index is 11.8. The summed E-state index contributed by atoms with van der Waals surface area (Å²) in [4.78, 5) is 26.2. The molecule has 0 atom stereocenters. The van der Waals surface area contributed by atoms with Crippen molar-refractivity contribution in [2.75, 3.05) is 65.7 Å². The predicted octanol–water partition coefficient (Wildman–Crippen LogP) is -2.09. The molecule has 0 saturated heterocycles. The molecule has 0 aliphatic carbocycles. The van der Waals surface area contributed by atoms with Crippen LogP contribution in [0.4, 0.5) is 9.59 Å². The first-order valence-corrected chi connectivity index (χ1v) is 9.06. The molecule has 0 aromatic rings. The molecule has 0 fully saturated rings. The van der Waals surface area contributed by atoms with Gasteiger partial charge in [0.15, 0.2) is 0 Å². The highest BCUT2D eigenvalue weighted by Crippen LogP contribution is 1.99. The number of nitrogens with zero attached hydrogens (tertiary/aromatic N) is 2. The van der Waals surface area contributed by atoms with Crippen LogP contribution in [-0.2, 0) is 0 Å². The minimum Gasteiger partial charge on any atom is -0.853 e. The van der Waals surface area contributed by atoms with E-state index in [4.69, 9.17) is 15.3 Å².